The Balaban J connectivity index is 1.81. The highest BCUT2D eigenvalue weighted by atomic mass is 16.5. The number of amides is 1. The summed E-state index contributed by atoms with van der Waals surface area (Å²) in [5, 5.41) is 13.4. The van der Waals surface area contributed by atoms with E-state index < -0.39 is 0 Å². The van der Waals surface area contributed by atoms with Gasteiger partial charge in [0.15, 0.2) is 0 Å². The molecule has 0 radical (unpaired) electrons. The maximum absolute atomic E-state index is 12.5. The van der Waals surface area contributed by atoms with Crippen molar-refractivity contribution in [3.8, 4) is 11.3 Å². The summed E-state index contributed by atoms with van der Waals surface area (Å²) in [6, 6.07) is 11.1. The van der Waals surface area contributed by atoms with Gasteiger partial charge in [-0.1, -0.05) is 35.5 Å². The predicted molar refractivity (Wildman–Crippen MR) is 77.7 cm³/mol. The Bertz CT molecular complexity index is 609. The van der Waals surface area contributed by atoms with Crippen molar-refractivity contribution in [2.75, 3.05) is 13.2 Å². The molecule has 1 N–H and O–H groups in total. The van der Waals surface area contributed by atoms with Crippen molar-refractivity contribution < 1.29 is 14.4 Å². The Labute approximate surface area is 123 Å². The molecular weight excluding hydrogens is 268 g/mol. The highest BCUT2D eigenvalue weighted by Crippen LogP contribution is 2.23. The van der Waals surface area contributed by atoms with Crippen molar-refractivity contribution in [1.82, 2.24) is 10.1 Å². The molecule has 1 aliphatic rings. The van der Waals surface area contributed by atoms with Gasteiger partial charge >= 0.3 is 0 Å². The van der Waals surface area contributed by atoms with Gasteiger partial charge in [0.25, 0.3) is 5.91 Å². The molecule has 1 amide bonds. The zero-order chi connectivity index (χ0) is 14.7. The standard InChI is InChI=1S/C16H18N2O3/c19-11-13-8-4-5-9-18(13)16(20)15-10-14(17-21-15)12-6-2-1-3-7-12/h1-3,6-7,10,13,19H,4-5,8-9,11H2. The second-order valence-corrected chi connectivity index (χ2v) is 5.27. The second-order valence-electron chi connectivity index (χ2n) is 5.27. The lowest BCUT2D eigenvalue weighted by Gasteiger charge is -2.33. The van der Waals surface area contributed by atoms with Crippen LogP contribution in [0.3, 0.4) is 0 Å². The molecule has 1 fully saturated rings. The summed E-state index contributed by atoms with van der Waals surface area (Å²) in [5.74, 6) is 0.0395. The summed E-state index contributed by atoms with van der Waals surface area (Å²) in [4.78, 5) is 14.2. The van der Waals surface area contributed by atoms with Crippen LogP contribution >= 0.6 is 0 Å². The van der Waals surface area contributed by atoms with Crippen molar-refractivity contribution >= 4 is 5.91 Å². The first kappa shape index (κ1) is 13.8. The van der Waals surface area contributed by atoms with Gasteiger partial charge in [-0.05, 0) is 19.3 Å². The van der Waals surface area contributed by atoms with Gasteiger partial charge in [0, 0.05) is 18.2 Å². The van der Waals surface area contributed by atoms with E-state index in [-0.39, 0.29) is 24.3 Å². The number of hydrogen-bond acceptors (Lipinski definition) is 4. The first-order valence-corrected chi connectivity index (χ1v) is 7.23. The fourth-order valence-corrected chi connectivity index (χ4v) is 2.72. The van der Waals surface area contributed by atoms with Gasteiger partial charge in [-0.3, -0.25) is 4.79 Å². The summed E-state index contributed by atoms with van der Waals surface area (Å²) in [7, 11) is 0. The van der Waals surface area contributed by atoms with Crippen LogP contribution in [0.5, 0.6) is 0 Å². The monoisotopic (exact) mass is 286 g/mol. The minimum Gasteiger partial charge on any atom is -0.394 e. The average molecular weight is 286 g/mol. The number of piperidine rings is 1. The fraction of sp³-hybridized carbons (Fsp3) is 0.375. The molecule has 1 aliphatic heterocycles. The number of rotatable bonds is 3. The van der Waals surface area contributed by atoms with Gasteiger partial charge in [0.2, 0.25) is 5.76 Å². The molecule has 2 heterocycles. The number of carbonyl (C=O) groups excluding carboxylic acids is 1. The molecule has 0 saturated carbocycles. The van der Waals surface area contributed by atoms with Crippen LogP contribution in [-0.4, -0.2) is 40.3 Å². The molecule has 110 valence electrons. The maximum Gasteiger partial charge on any atom is 0.292 e. The van der Waals surface area contributed by atoms with Crippen molar-refractivity contribution in [2.24, 2.45) is 0 Å². The van der Waals surface area contributed by atoms with Gasteiger partial charge in [-0.2, -0.15) is 0 Å². The van der Waals surface area contributed by atoms with Crippen molar-refractivity contribution in [3.05, 3.63) is 42.2 Å². The van der Waals surface area contributed by atoms with Crippen LogP contribution in [0.25, 0.3) is 11.3 Å². The number of hydrogen-bond donors (Lipinski definition) is 1. The van der Waals surface area contributed by atoms with Crippen molar-refractivity contribution in [2.45, 2.75) is 25.3 Å². The van der Waals surface area contributed by atoms with Crippen LogP contribution in [0.15, 0.2) is 40.9 Å². The third kappa shape index (κ3) is 2.83. The van der Waals surface area contributed by atoms with E-state index in [1.807, 2.05) is 30.3 Å². The van der Waals surface area contributed by atoms with Gasteiger partial charge in [-0.25, -0.2) is 0 Å². The highest BCUT2D eigenvalue weighted by Gasteiger charge is 2.29. The number of benzene rings is 1. The molecule has 0 aliphatic carbocycles. The predicted octanol–water partition coefficient (Wildman–Crippen LogP) is 2.33. The minimum absolute atomic E-state index is 0.00851. The van der Waals surface area contributed by atoms with Gasteiger partial charge in [0.05, 0.1) is 12.6 Å². The number of aliphatic hydroxyl groups excluding tert-OH is 1. The fourth-order valence-electron chi connectivity index (χ4n) is 2.72. The van der Waals surface area contributed by atoms with Gasteiger partial charge in [0.1, 0.15) is 5.69 Å². The Morgan fingerprint density at radius 2 is 2.14 bits per heavy atom. The zero-order valence-electron chi connectivity index (χ0n) is 11.7. The van der Waals surface area contributed by atoms with Crippen LogP contribution in [0, 0.1) is 0 Å². The maximum atomic E-state index is 12.5. The molecule has 5 nitrogen and oxygen atoms in total. The van der Waals surface area contributed by atoms with Crippen LogP contribution in [0.4, 0.5) is 0 Å². The molecule has 1 aromatic carbocycles. The molecule has 1 aromatic heterocycles. The van der Waals surface area contributed by atoms with Crippen molar-refractivity contribution in [3.63, 3.8) is 0 Å². The van der Waals surface area contributed by atoms with E-state index in [4.69, 9.17) is 4.52 Å². The minimum atomic E-state index is -0.191. The van der Waals surface area contributed by atoms with Crippen molar-refractivity contribution in [1.29, 1.82) is 0 Å². The summed E-state index contributed by atoms with van der Waals surface area (Å²) >= 11 is 0. The molecule has 0 bridgehead atoms. The van der Waals surface area contributed by atoms with E-state index >= 15 is 0 Å². The van der Waals surface area contributed by atoms with E-state index in [1.54, 1.807) is 11.0 Å². The van der Waals surface area contributed by atoms with Crippen LogP contribution in [0.2, 0.25) is 0 Å². The molecule has 1 saturated heterocycles. The topological polar surface area (TPSA) is 66.6 Å². The quantitative estimate of drug-likeness (QED) is 0.940. The van der Waals surface area contributed by atoms with Crippen LogP contribution in [0.1, 0.15) is 29.8 Å². The number of carbonyl (C=O) groups is 1. The first-order chi connectivity index (χ1) is 10.3. The lowest BCUT2D eigenvalue weighted by Crippen LogP contribution is -2.45. The summed E-state index contributed by atoms with van der Waals surface area (Å²) in [6.07, 6.45) is 2.84. The third-order valence-electron chi connectivity index (χ3n) is 3.89. The van der Waals surface area contributed by atoms with E-state index in [2.05, 4.69) is 5.16 Å². The lowest BCUT2D eigenvalue weighted by atomic mass is 10.0. The Kier molecular flexibility index (Phi) is 4.01. The smallest absolute Gasteiger partial charge is 0.292 e. The molecule has 5 heteroatoms. The average Bonchev–Trinajstić information content (AvgIpc) is 3.05. The van der Waals surface area contributed by atoms with Crippen LogP contribution in [-0.2, 0) is 0 Å². The largest absolute Gasteiger partial charge is 0.394 e. The molecule has 21 heavy (non-hydrogen) atoms. The molecule has 1 unspecified atom stereocenters. The summed E-state index contributed by atoms with van der Waals surface area (Å²) in [6.45, 7) is 0.650. The van der Waals surface area contributed by atoms with Gasteiger partial charge in [-0.15, -0.1) is 0 Å². The van der Waals surface area contributed by atoms with E-state index in [0.717, 1.165) is 24.8 Å². The molecule has 1 atom stereocenters. The third-order valence-corrected chi connectivity index (χ3v) is 3.89. The van der Waals surface area contributed by atoms with E-state index in [1.165, 1.54) is 0 Å². The number of likely N-dealkylation sites (tertiary alicyclic amines) is 1. The molecule has 0 spiro atoms. The number of aromatic nitrogens is 1. The Hall–Kier alpha value is -2.14. The molecular formula is C16H18N2O3. The van der Waals surface area contributed by atoms with Gasteiger partial charge < -0.3 is 14.5 Å². The number of aliphatic hydroxyl groups is 1. The highest BCUT2D eigenvalue weighted by molar-refractivity contribution is 5.92. The lowest BCUT2D eigenvalue weighted by molar-refractivity contribution is 0.0464. The second kappa shape index (κ2) is 6.10. The normalized spacial score (nSPS) is 18.7. The first-order valence-electron chi connectivity index (χ1n) is 7.23. The Morgan fingerprint density at radius 1 is 1.33 bits per heavy atom. The number of nitrogens with zero attached hydrogens (tertiary/aromatic N) is 2. The van der Waals surface area contributed by atoms with E-state index in [0.29, 0.717) is 12.2 Å². The molecule has 3 rings (SSSR count). The zero-order valence-corrected chi connectivity index (χ0v) is 11.7. The summed E-state index contributed by atoms with van der Waals surface area (Å²) < 4.78 is 5.20. The van der Waals surface area contributed by atoms with E-state index in [9.17, 15) is 9.90 Å². The molecule has 2 aromatic rings. The SMILES string of the molecule is O=C(c1cc(-c2ccccc2)no1)N1CCCCC1CO. The Morgan fingerprint density at radius 3 is 2.90 bits per heavy atom. The van der Waals surface area contributed by atoms with Crippen LogP contribution < -0.4 is 0 Å². The summed E-state index contributed by atoms with van der Waals surface area (Å²) in [5.41, 5.74) is 1.56.